The molecule has 1 unspecified atom stereocenters. The third-order valence-corrected chi connectivity index (χ3v) is 5.41. The van der Waals surface area contributed by atoms with Crippen LogP contribution < -0.4 is 5.32 Å². The zero-order valence-corrected chi connectivity index (χ0v) is 12.4. The molecular weight excluding hydrogens is 274 g/mol. The van der Waals surface area contributed by atoms with Gasteiger partial charge < -0.3 is 5.32 Å². The van der Waals surface area contributed by atoms with Crippen LogP contribution in [0.5, 0.6) is 0 Å². The first-order valence-corrected chi connectivity index (χ1v) is 8.05. The van der Waals surface area contributed by atoms with Gasteiger partial charge in [0.05, 0.1) is 5.02 Å². The molecule has 3 heteroatoms. The van der Waals surface area contributed by atoms with E-state index in [1.54, 1.807) is 11.3 Å². The number of fused-ring (bicyclic) bond motifs is 1. The lowest BCUT2D eigenvalue weighted by atomic mass is 9.94. The van der Waals surface area contributed by atoms with Gasteiger partial charge in [0.2, 0.25) is 0 Å². The van der Waals surface area contributed by atoms with E-state index in [-0.39, 0.29) is 0 Å². The first-order valence-electron chi connectivity index (χ1n) is 6.86. The summed E-state index contributed by atoms with van der Waals surface area (Å²) in [6.45, 7) is 1.98. The van der Waals surface area contributed by atoms with Crippen LogP contribution in [0.4, 0.5) is 0 Å². The highest BCUT2D eigenvalue weighted by molar-refractivity contribution is 7.19. The number of allylic oxidation sites excluding steroid dienone is 2. The maximum absolute atomic E-state index is 6.44. The molecular formula is C16H18ClNS. The Morgan fingerprint density at radius 1 is 1.26 bits per heavy atom. The minimum absolute atomic E-state index is 0.790. The molecule has 3 rings (SSSR count). The zero-order chi connectivity index (χ0) is 13.1. The predicted octanol–water partition coefficient (Wildman–Crippen LogP) is 5.00. The molecule has 1 aromatic carbocycles. The average Bonchev–Trinajstić information content (AvgIpc) is 2.78. The third-order valence-electron chi connectivity index (χ3n) is 3.70. The second kappa shape index (κ2) is 6.08. The van der Waals surface area contributed by atoms with Crippen LogP contribution in [-0.4, -0.2) is 6.54 Å². The Labute approximate surface area is 123 Å². The number of nitrogens with one attached hydrogen (secondary N) is 1. The van der Waals surface area contributed by atoms with Crippen LogP contribution in [0.1, 0.15) is 24.1 Å². The van der Waals surface area contributed by atoms with Gasteiger partial charge in [-0.2, -0.15) is 0 Å². The highest BCUT2D eigenvalue weighted by Gasteiger charge is 2.12. The summed E-state index contributed by atoms with van der Waals surface area (Å²) >= 11 is 8.24. The van der Waals surface area contributed by atoms with Crippen molar-refractivity contribution < 1.29 is 0 Å². The monoisotopic (exact) mass is 291 g/mol. The van der Waals surface area contributed by atoms with Gasteiger partial charge in [-0.15, -0.1) is 11.3 Å². The van der Waals surface area contributed by atoms with E-state index in [1.165, 1.54) is 34.2 Å². The fourth-order valence-electron chi connectivity index (χ4n) is 2.61. The molecule has 1 atom stereocenters. The van der Waals surface area contributed by atoms with E-state index in [0.29, 0.717) is 0 Å². The van der Waals surface area contributed by atoms with Gasteiger partial charge in [-0.05, 0) is 37.8 Å². The van der Waals surface area contributed by atoms with E-state index in [9.17, 15) is 0 Å². The van der Waals surface area contributed by atoms with Gasteiger partial charge in [0.15, 0.2) is 0 Å². The van der Waals surface area contributed by atoms with Crippen LogP contribution in [0.2, 0.25) is 5.02 Å². The van der Waals surface area contributed by atoms with Crippen LogP contribution in [0.3, 0.4) is 0 Å². The quantitative estimate of drug-likeness (QED) is 0.782. The van der Waals surface area contributed by atoms with Gasteiger partial charge in [0.25, 0.3) is 0 Å². The third kappa shape index (κ3) is 3.02. The summed E-state index contributed by atoms with van der Waals surface area (Å²) in [6, 6.07) is 8.36. The second-order valence-corrected chi connectivity index (χ2v) is 6.63. The van der Waals surface area contributed by atoms with Crippen LogP contribution in [0, 0.1) is 5.92 Å². The Balaban J connectivity index is 1.62. The summed E-state index contributed by atoms with van der Waals surface area (Å²) in [5, 5.41) is 5.68. The van der Waals surface area contributed by atoms with E-state index in [1.807, 2.05) is 6.07 Å². The number of halogens is 1. The van der Waals surface area contributed by atoms with Gasteiger partial charge in [-0.1, -0.05) is 42.0 Å². The number of rotatable bonds is 4. The lowest BCUT2D eigenvalue weighted by Gasteiger charge is -2.17. The van der Waals surface area contributed by atoms with Crippen molar-refractivity contribution in [1.29, 1.82) is 0 Å². The van der Waals surface area contributed by atoms with Crippen molar-refractivity contribution in [3.63, 3.8) is 0 Å². The standard InChI is InChI=1S/C16H18ClNS/c17-16-13-8-4-5-9-14(13)19-15(16)11-18-10-12-6-2-1-3-7-12/h1-2,4-5,8-9,12,18H,3,6-7,10-11H2. The predicted molar refractivity (Wildman–Crippen MR) is 85.0 cm³/mol. The van der Waals surface area contributed by atoms with Crippen LogP contribution in [0.15, 0.2) is 36.4 Å². The summed E-state index contributed by atoms with van der Waals surface area (Å²) in [4.78, 5) is 1.26. The molecule has 0 radical (unpaired) electrons. The smallest absolute Gasteiger partial charge is 0.0636 e. The lowest BCUT2D eigenvalue weighted by molar-refractivity contribution is 0.441. The van der Waals surface area contributed by atoms with E-state index >= 15 is 0 Å². The normalized spacial score (nSPS) is 19.1. The topological polar surface area (TPSA) is 12.0 Å². The molecule has 1 aliphatic rings. The van der Waals surface area contributed by atoms with E-state index in [4.69, 9.17) is 11.6 Å². The molecule has 0 aliphatic heterocycles. The van der Waals surface area contributed by atoms with Crippen molar-refractivity contribution in [2.24, 2.45) is 5.92 Å². The molecule has 1 nitrogen and oxygen atoms in total. The molecule has 1 aliphatic carbocycles. The largest absolute Gasteiger partial charge is 0.312 e. The highest BCUT2D eigenvalue weighted by Crippen LogP contribution is 2.35. The number of hydrogen-bond acceptors (Lipinski definition) is 2. The highest BCUT2D eigenvalue weighted by atomic mass is 35.5. The van der Waals surface area contributed by atoms with Crippen LogP contribution >= 0.6 is 22.9 Å². The molecule has 0 saturated carbocycles. The molecule has 100 valence electrons. The van der Waals surface area contributed by atoms with E-state index in [2.05, 4.69) is 35.7 Å². The molecule has 0 saturated heterocycles. The molecule has 2 aromatic rings. The van der Waals surface area contributed by atoms with Gasteiger partial charge in [0, 0.05) is 21.5 Å². The molecule has 1 heterocycles. The first-order chi connectivity index (χ1) is 9.34. The minimum atomic E-state index is 0.790. The summed E-state index contributed by atoms with van der Waals surface area (Å²) < 4.78 is 1.28. The maximum atomic E-state index is 6.44. The Morgan fingerprint density at radius 3 is 2.95 bits per heavy atom. The van der Waals surface area contributed by atoms with Crippen LogP contribution in [0.25, 0.3) is 10.1 Å². The van der Waals surface area contributed by atoms with Crippen molar-refractivity contribution in [2.45, 2.75) is 25.8 Å². The SMILES string of the molecule is Clc1c(CNCC2CC=CCC2)sc2ccccc12. The van der Waals surface area contributed by atoms with Crippen molar-refractivity contribution in [3.05, 3.63) is 46.3 Å². The summed E-state index contributed by atoms with van der Waals surface area (Å²) in [7, 11) is 0. The van der Waals surface area contributed by atoms with Gasteiger partial charge >= 0.3 is 0 Å². The number of hydrogen-bond donors (Lipinski definition) is 1. The van der Waals surface area contributed by atoms with Gasteiger partial charge in [-0.25, -0.2) is 0 Å². The Morgan fingerprint density at radius 2 is 2.16 bits per heavy atom. The Hall–Kier alpha value is -0.830. The molecule has 0 spiro atoms. The summed E-state index contributed by atoms with van der Waals surface area (Å²) in [6.07, 6.45) is 8.36. The summed E-state index contributed by atoms with van der Waals surface area (Å²) in [5.74, 6) is 0.790. The zero-order valence-electron chi connectivity index (χ0n) is 10.9. The maximum Gasteiger partial charge on any atom is 0.0636 e. The average molecular weight is 292 g/mol. The van der Waals surface area contributed by atoms with E-state index < -0.39 is 0 Å². The Kier molecular flexibility index (Phi) is 4.21. The van der Waals surface area contributed by atoms with Gasteiger partial charge in [0.1, 0.15) is 0 Å². The van der Waals surface area contributed by atoms with Gasteiger partial charge in [-0.3, -0.25) is 0 Å². The molecule has 0 bridgehead atoms. The molecule has 0 amide bonds. The fourth-order valence-corrected chi connectivity index (χ4v) is 4.08. The minimum Gasteiger partial charge on any atom is -0.312 e. The number of thiophene rings is 1. The van der Waals surface area contributed by atoms with E-state index in [0.717, 1.165) is 24.0 Å². The molecule has 1 N–H and O–H groups in total. The van der Waals surface area contributed by atoms with Crippen molar-refractivity contribution in [3.8, 4) is 0 Å². The Bertz CT molecular complexity index is 587. The fraction of sp³-hybridized carbons (Fsp3) is 0.375. The second-order valence-electron chi connectivity index (χ2n) is 5.12. The lowest BCUT2D eigenvalue weighted by Crippen LogP contribution is -2.22. The molecule has 1 aromatic heterocycles. The molecule has 19 heavy (non-hydrogen) atoms. The van der Waals surface area contributed by atoms with Crippen LogP contribution in [-0.2, 0) is 6.54 Å². The van der Waals surface area contributed by atoms with Crippen molar-refractivity contribution >= 4 is 33.0 Å². The summed E-state index contributed by atoms with van der Waals surface area (Å²) in [5.41, 5.74) is 0. The molecule has 0 fully saturated rings. The first kappa shape index (κ1) is 13.2. The van der Waals surface area contributed by atoms with Crippen molar-refractivity contribution in [1.82, 2.24) is 5.32 Å². The van der Waals surface area contributed by atoms with Crippen molar-refractivity contribution in [2.75, 3.05) is 6.54 Å². The number of benzene rings is 1.